The smallest absolute Gasteiger partial charge is 0.191 e. The number of benzene rings is 1. The van der Waals surface area contributed by atoms with Gasteiger partial charge in [0, 0.05) is 14.2 Å². The van der Waals surface area contributed by atoms with Gasteiger partial charge in [-0.15, -0.1) is 0 Å². The summed E-state index contributed by atoms with van der Waals surface area (Å²) in [5.41, 5.74) is 0. The molecule has 0 heterocycles. The lowest BCUT2D eigenvalue weighted by Crippen LogP contribution is -2.21. The summed E-state index contributed by atoms with van der Waals surface area (Å²) in [6.07, 6.45) is -0.341. The second kappa shape index (κ2) is 7.09. The molecule has 16 heavy (non-hydrogen) atoms. The molecule has 4 nitrogen and oxygen atoms in total. The first-order chi connectivity index (χ1) is 7.80. The topological polar surface area (TPSA) is 36.9 Å². The Morgan fingerprint density at radius 1 is 0.938 bits per heavy atom. The summed E-state index contributed by atoms with van der Waals surface area (Å²) >= 11 is 0. The summed E-state index contributed by atoms with van der Waals surface area (Å²) in [5, 5.41) is 0. The first-order valence-electron chi connectivity index (χ1n) is 5.21. The predicted molar refractivity (Wildman–Crippen MR) is 60.9 cm³/mol. The van der Waals surface area contributed by atoms with Crippen LogP contribution in [0.4, 0.5) is 0 Å². The number of rotatable bonds is 7. The number of methoxy groups -OCH3 is 2. The van der Waals surface area contributed by atoms with E-state index < -0.39 is 0 Å². The largest absolute Gasteiger partial charge is 0.494 e. The van der Waals surface area contributed by atoms with Gasteiger partial charge in [0.2, 0.25) is 0 Å². The molecular formula is C12H18O4. The fourth-order valence-electron chi connectivity index (χ4n) is 1.20. The van der Waals surface area contributed by atoms with Crippen LogP contribution in [-0.4, -0.2) is 33.7 Å². The molecule has 0 saturated carbocycles. The van der Waals surface area contributed by atoms with Gasteiger partial charge in [-0.3, -0.25) is 0 Å². The van der Waals surface area contributed by atoms with E-state index in [2.05, 4.69) is 0 Å². The van der Waals surface area contributed by atoms with Crippen LogP contribution in [0.2, 0.25) is 0 Å². The zero-order chi connectivity index (χ0) is 11.8. The van der Waals surface area contributed by atoms with Crippen LogP contribution in [0.15, 0.2) is 24.3 Å². The van der Waals surface area contributed by atoms with Gasteiger partial charge < -0.3 is 18.9 Å². The van der Waals surface area contributed by atoms with Crippen molar-refractivity contribution in [1.82, 2.24) is 0 Å². The van der Waals surface area contributed by atoms with Crippen LogP contribution < -0.4 is 9.47 Å². The van der Waals surface area contributed by atoms with E-state index in [4.69, 9.17) is 18.9 Å². The van der Waals surface area contributed by atoms with E-state index in [9.17, 15) is 0 Å². The Hall–Kier alpha value is -1.26. The normalized spacial score (nSPS) is 10.5. The molecule has 1 aromatic carbocycles. The first kappa shape index (κ1) is 12.8. The number of ether oxygens (including phenoxy) is 4. The quantitative estimate of drug-likeness (QED) is 0.667. The Balaban J connectivity index is 2.42. The summed E-state index contributed by atoms with van der Waals surface area (Å²) in [7, 11) is 3.16. The average molecular weight is 226 g/mol. The van der Waals surface area contributed by atoms with E-state index in [1.54, 1.807) is 14.2 Å². The van der Waals surface area contributed by atoms with Gasteiger partial charge in [-0.2, -0.15) is 0 Å². The molecule has 0 bridgehead atoms. The predicted octanol–water partition coefficient (Wildman–Crippen LogP) is 2.08. The minimum Gasteiger partial charge on any atom is -0.494 e. The van der Waals surface area contributed by atoms with E-state index >= 15 is 0 Å². The Bertz CT molecular complexity index is 280. The summed E-state index contributed by atoms with van der Waals surface area (Å²) in [6, 6.07) is 7.45. The van der Waals surface area contributed by atoms with Crippen LogP contribution in [-0.2, 0) is 9.47 Å². The zero-order valence-corrected chi connectivity index (χ0v) is 9.93. The molecule has 0 unspecified atom stereocenters. The molecule has 0 aliphatic rings. The molecule has 90 valence electrons. The van der Waals surface area contributed by atoms with Crippen molar-refractivity contribution >= 4 is 0 Å². The van der Waals surface area contributed by atoms with Gasteiger partial charge in [0.05, 0.1) is 6.61 Å². The molecule has 0 N–H and O–H groups in total. The third kappa shape index (κ3) is 4.08. The van der Waals surface area contributed by atoms with E-state index in [-0.39, 0.29) is 6.29 Å². The third-order valence-corrected chi connectivity index (χ3v) is 2.05. The molecule has 0 aliphatic carbocycles. The van der Waals surface area contributed by atoms with Gasteiger partial charge in [-0.05, 0) is 31.2 Å². The summed E-state index contributed by atoms with van der Waals surface area (Å²) in [4.78, 5) is 0. The molecular weight excluding hydrogens is 208 g/mol. The molecule has 0 atom stereocenters. The van der Waals surface area contributed by atoms with Gasteiger partial charge in [0.25, 0.3) is 0 Å². The van der Waals surface area contributed by atoms with Crippen LogP contribution in [0.3, 0.4) is 0 Å². The Morgan fingerprint density at radius 2 is 1.44 bits per heavy atom. The van der Waals surface area contributed by atoms with Crippen LogP contribution in [0.5, 0.6) is 11.5 Å². The van der Waals surface area contributed by atoms with Crippen molar-refractivity contribution in [3.8, 4) is 11.5 Å². The lowest BCUT2D eigenvalue weighted by Gasteiger charge is -2.14. The third-order valence-electron chi connectivity index (χ3n) is 2.05. The second-order valence-corrected chi connectivity index (χ2v) is 3.12. The fourth-order valence-corrected chi connectivity index (χ4v) is 1.20. The average Bonchev–Trinajstić information content (AvgIpc) is 2.33. The van der Waals surface area contributed by atoms with Crippen molar-refractivity contribution in [2.24, 2.45) is 0 Å². The maximum absolute atomic E-state index is 5.48. The molecule has 0 radical (unpaired) electrons. The molecule has 1 rings (SSSR count). The Kier molecular flexibility index (Phi) is 5.67. The van der Waals surface area contributed by atoms with Crippen molar-refractivity contribution in [3.63, 3.8) is 0 Å². The highest BCUT2D eigenvalue weighted by molar-refractivity contribution is 5.31. The maximum atomic E-state index is 5.48. The Morgan fingerprint density at radius 3 is 1.88 bits per heavy atom. The maximum Gasteiger partial charge on any atom is 0.191 e. The highest BCUT2D eigenvalue weighted by Gasteiger charge is 2.05. The molecule has 0 spiro atoms. The summed E-state index contributed by atoms with van der Waals surface area (Å²) in [6.45, 7) is 2.97. The number of hydrogen-bond donors (Lipinski definition) is 0. The van der Waals surface area contributed by atoms with Gasteiger partial charge in [-0.25, -0.2) is 0 Å². The fraction of sp³-hybridized carbons (Fsp3) is 0.500. The van der Waals surface area contributed by atoms with Crippen molar-refractivity contribution in [2.45, 2.75) is 13.2 Å². The highest BCUT2D eigenvalue weighted by atomic mass is 16.7. The molecule has 0 saturated heterocycles. The highest BCUT2D eigenvalue weighted by Crippen LogP contribution is 2.17. The van der Waals surface area contributed by atoms with Gasteiger partial charge in [0.15, 0.2) is 6.29 Å². The van der Waals surface area contributed by atoms with Crippen LogP contribution in [0.25, 0.3) is 0 Å². The molecule has 0 fully saturated rings. The molecule has 0 aliphatic heterocycles. The Labute approximate surface area is 96.1 Å². The standard InChI is InChI=1S/C12H18O4/c1-4-15-10-5-7-11(8-6-10)16-9-12(13-2)14-3/h5-8,12H,4,9H2,1-3H3. The van der Waals surface area contributed by atoms with Crippen molar-refractivity contribution in [1.29, 1.82) is 0 Å². The van der Waals surface area contributed by atoms with Gasteiger partial charge in [-0.1, -0.05) is 0 Å². The molecule has 1 aromatic rings. The van der Waals surface area contributed by atoms with Crippen LogP contribution >= 0.6 is 0 Å². The monoisotopic (exact) mass is 226 g/mol. The van der Waals surface area contributed by atoms with E-state index in [0.717, 1.165) is 11.5 Å². The molecule has 0 amide bonds. The minimum atomic E-state index is -0.341. The summed E-state index contributed by atoms with van der Waals surface area (Å²) in [5.74, 6) is 1.60. The molecule has 0 aromatic heterocycles. The SMILES string of the molecule is CCOc1ccc(OCC(OC)OC)cc1. The lowest BCUT2D eigenvalue weighted by atomic mass is 10.3. The number of hydrogen-bond acceptors (Lipinski definition) is 4. The minimum absolute atomic E-state index is 0.341. The van der Waals surface area contributed by atoms with Gasteiger partial charge >= 0.3 is 0 Å². The van der Waals surface area contributed by atoms with Crippen molar-refractivity contribution < 1.29 is 18.9 Å². The van der Waals surface area contributed by atoms with E-state index in [1.807, 2.05) is 31.2 Å². The van der Waals surface area contributed by atoms with Crippen molar-refractivity contribution in [2.75, 3.05) is 27.4 Å². The van der Waals surface area contributed by atoms with Crippen LogP contribution in [0, 0.1) is 0 Å². The van der Waals surface area contributed by atoms with Crippen molar-refractivity contribution in [3.05, 3.63) is 24.3 Å². The van der Waals surface area contributed by atoms with Crippen LogP contribution in [0.1, 0.15) is 6.92 Å². The van der Waals surface area contributed by atoms with E-state index in [1.165, 1.54) is 0 Å². The van der Waals surface area contributed by atoms with Gasteiger partial charge in [0.1, 0.15) is 18.1 Å². The van der Waals surface area contributed by atoms with E-state index in [0.29, 0.717) is 13.2 Å². The lowest BCUT2D eigenvalue weighted by molar-refractivity contribution is -0.121. The first-order valence-corrected chi connectivity index (χ1v) is 5.21. The zero-order valence-electron chi connectivity index (χ0n) is 9.93. The molecule has 4 heteroatoms. The second-order valence-electron chi connectivity index (χ2n) is 3.12. The summed E-state index contributed by atoms with van der Waals surface area (Å²) < 4.78 is 20.8.